The van der Waals surface area contributed by atoms with Crippen LogP contribution in [0.25, 0.3) is 0 Å². The summed E-state index contributed by atoms with van der Waals surface area (Å²) in [5, 5.41) is 11.9. The number of likely N-dealkylation sites (N-methyl/N-ethyl adjacent to an activating group) is 1. The number of likely N-dealkylation sites (tertiary alicyclic amines) is 2. The van der Waals surface area contributed by atoms with E-state index in [0.29, 0.717) is 36.2 Å². The van der Waals surface area contributed by atoms with E-state index < -0.39 is 70.5 Å². The molecule has 1 spiro atoms. The number of carbonyl (C=O) groups is 5. The van der Waals surface area contributed by atoms with Gasteiger partial charge in [-0.1, -0.05) is 34.6 Å². The predicted octanol–water partition coefficient (Wildman–Crippen LogP) is 5.46. The van der Waals surface area contributed by atoms with Crippen molar-refractivity contribution in [3.05, 3.63) is 59.4 Å². The molecule has 3 unspecified atom stereocenters. The van der Waals surface area contributed by atoms with E-state index in [9.17, 15) is 46.6 Å². The molecule has 3 aliphatic heterocycles. The summed E-state index contributed by atoms with van der Waals surface area (Å²) < 4.78 is 60.2. The zero-order valence-corrected chi connectivity index (χ0v) is 29.8. The molecule has 0 saturated carbocycles. The van der Waals surface area contributed by atoms with E-state index in [2.05, 4.69) is 5.32 Å². The van der Waals surface area contributed by atoms with Crippen LogP contribution in [0, 0.1) is 23.1 Å². The molecule has 3 aliphatic rings. The number of imide groups is 1. The Hall–Kier alpha value is -4.89. The minimum absolute atomic E-state index is 0.0104. The van der Waals surface area contributed by atoms with Crippen molar-refractivity contribution in [1.29, 1.82) is 0 Å². The lowest BCUT2D eigenvalue weighted by Crippen LogP contribution is -2.64. The van der Waals surface area contributed by atoms with E-state index >= 15 is 0 Å². The summed E-state index contributed by atoms with van der Waals surface area (Å²) in [5.74, 6) is -3.39. The number of amides is 6. The van der Waals surface area contributed by atoms with Crippen molar-refractivity contribution >= 4 is 35.5 Å². The number of hydrogen-bond donors (Lipinski definition) is 2. The Morgan fingerprint density at radius 3 is 2.17 bits per heavy atom. The number of rotatable bonds is 8. The van der Waals surface area contributed by atoms with E-state index in [0.717, 1.165) is 4.90 Å². The summed E-state index contributed by atoms with van der Waals surface area (Å²) in [7, 11) is 1.38. The number of benzene rings is 2. The Morgan fingerprint density at radius 1 is 1.02 bits per heavy atom. The Labute approximate surface area is 298 Å². The van der Waals surface area contributed by atoms with Crippen molar-refractivity contribution in [2.45, 2.75) is 71.3 Å². The van der Waals surface area contributed by atoms with Gasteiger partial charge in [-0.3, -0.25) is 24.2 Å². The molecular formula is C36H43F4N5O7. The number of anilines is 1. The number of alkyl halides is 3. The summed E-state index contributed by atoms with van der Waals surface area (Å²) in [5.41, 5.74) is -3.23. The summed E-state index contributed by atoms with van der Waals surface area (Å²) in [6.45, 7) is 9.85. The van der Waals surface area contributed by atoms with Crippen LogP contribution in [0.4, 0.5) is 32.8 Å². The van der Waals surface area contributed by atoms with Gasteiger partial charge in [-0.05, 0) is 66.6 Å². The molecule has 5 rings (SSSR count). The van der Waals surface area contributed by atoms with E-state index in [1.165, 1.54) is 21.7 Å². The van der Waals surface area contributed by atoms with Crippen LogP contribution in [0.1, 0.15) is 63.4 Å². The quantitative estimate of drug-likeness (QED) is 0.271. The van der Waals surface area contributed by atoms with Gasteiger partial charge in [-0.25, -0.2) is 14.0 Å². The average molecular weight is 734 g/mol. The molecule has 3 fully saturated rings. The van der Waals surface area contributed by atoms with Gasteiger partial charge < -0.3 is 25.0 Å². The molecule has 16 heteroatoms. The number of carboxylic acid groups (broad SMARTS) is 1. The number of nitrogens with zero attached hydrogens (tertiary/aromatic N) is 4. The van der Waals surface area contributed by atoms with Gasteiger partial charge in [0.25, 0.3) is 11.8 Å². The van der Waals surface area contributed by atoms with Crippen molar-refractivity contribution in [2.24, 2.45) is 17.3 Å². The Kier molecular flexibility index (Phi) is 10.3. The predicted molar refractivity (Wildman–Crippen MR) is 180 cm³/mol. The number of urea groups is 1. The number of hydrogen-bond acceptors (Lipinski definition) is 6. The van der Waals surface area contributed by atoms with Crippen molar-refractivity contribution in [2.75, 3.05) is 38.2 Å². The van der Waals surface area contributed by atoms with Crippen LogP contribution in [-0.4, -0.2) is 101 Å². The molecule has 0 bridgehead atoms. The first-order chi connectivity index (χ1) is 24.2. The molecule has 12 nitrogen and oxygen atoms in total. The molecule has 52 heavy (non-hydrogen) atoms. The first-order valence-corrected chi connectivity index (χ1v) is 17.0. The van der Waals surface area contributed by atoms with Crippen LogP contribution < -0.4 is 15.0 Å². The topological polar surface area (TPSA) is 140 Å². The molecule has 0 aromatic heterocycles. The van der Waals surface area contributed by atoms with Crippen molar-refractivity contribution in [1.82, 2.24) is 20.0 Å². The highest BCUT2D eigenvalue weighted by atomic mass is 19.4. The zero-order chi connectivity index (χ0) is 38.5. The van der Waals surface area contributed by atoms with Gasteiger partial charge in [0.15, 0.2) is 0 Å². The third kappa shape index (κ3) is 7.11. The van der Waals surface area contributed by atoms with Gasteiger partial charge in [0.1, 0.15) is 23.1 Å². The second-order valence-corrected chi connectivity index (χ2v) is 15.0. The van der Waals surface area contributed by atoms with Gasteiger partial charge >= 0.3 is 18.3 Å². The summed E-state index contributed by atoms with van der Waals surface area (Å²) in [6.07, 6.45) is -5.67. The molecule has 0 radical (unpaired) electrons. The van der Waals surface area contributed by atoms with Crippen molar-refractivity contribution in [3.63, 3.8) is 0 Å². The third-order valence-corrected chi connectivity index (χ3v) is 10.2. The first kappa shape index (κ1) is 38.3. The molecule has 3 heterocycles. The van der Waals surface area contributed by atoms with Gasteiger partial charge in [-0.2, -0.15) is 13.2 Å². The van der Waals surface area contributed by atoms with Crippen LogP contribution >= 0.6 is 0 Å². The normalized spacial score (nSPS) is 21.1. The molecule has 282 valence electrons. The second-order valence-electron chi connectivity index (χ2n) is 15.0. The number of ether oxygens (including phenoxy) is 1. The number of carbonyl (C=O) groups excluding carboxylic acids is 4. The highest BCUT2D eigenvalue weighted by molar-refractivity contribution is 6.16. The fraction of sp³-hybridized carbons (Fsp3) is 0.528. The van der Waals surface area contributed by atoms with Gasteiger partial charge in [0, 0.05) is 44.3 Å². The maximum Gasteiger partial charge on any atom is 0.416 e. The maximum atomic E-state index is 14.4. The summed E-state index contributed by atoms with van der Waals surface area (Å²) >= 11 is 0. The summed E-state index contributed by atoms with van der Waals surface area (Å²) in [4.78, 5) is 70.6. The lowest BCUT2D eigenvalue weighted by Gasteiger charge is -2.52. The Balaban J connectivity index is 1.27. The fourth-order valence-electron chi connectivity index (χ4n) is 7.52. The Morgan fingerprint density at radius 2 is 1.63 bits per heavy atom. The highest BCUT2D eigenvalue weighted by Gasteiger charge is 2.58. The minimum atomic E-state index is -4.81. The number of nitrogens with one attached hydrogen (secondary N) is 1. The molecular weight excluding hydrogens is 690 g/mol. The highest BCUT2D eigenvalue weighted by Crippen LogP contribution is 2.42. The van der Waals surface area contributed by atoms with Gasteiger partial charge in [0.2, 0.25) is 5.91 Å². The second kappa shape index (κ2) is 13.9. The summed E-state index contributed by atoms with van der Waals surface area (Å²) in [6, 6.07) is 6.13. The largest absolute Gasteiger partial charge is 0.493 e. The maximum absolute atomic E-state index is 14.4. The minimum Gasteiger partial charge on any atom is -0.493 e. The van der Waals surface area contributed by atoms with E-state index in [1.807, 2.05) is 20.8 Å². The lowest BCUT2D eigenvalue weighted by atomic mass is 9.72. The standard InChI is InChI=1S/C36H43F4N5O7/c1-20(2)27(41-29(46)25-17-22(36(38,39)40)7-12-26(25)37)30(47)43-15-13-35(14-16-43)31(48)42(6)32(49)45(35)23-8-10-24(11-9-23)52-19-21-18-44(33(50)51)28(21)34(3,4)5/h7-12,17,20-21,27-28H,13-16,18-19H2,1-6H3,(H,41,46)(H,50,51). The Bertz CT molecular complexity index is 1740. The molecule has 2 N–H and O–H groups in total. The third-order valence-electron chi connectivity index (χ3n) is 10.2. The fourth-order valence-corrected chi connectivity index (χ4v) is 7.52. The number of piperidine rings is 1. The number of halogens is 4. The van der Waals surface area contributed by atoms with Crippen LogP contribution in [0.3, 0.4) is 0 Å². The molecule has 2 aromatic carbocycles. The monoisotopic (exact) mass is 733 g/mol. The molecule has 6 amide bonds. The smallest absolute Gasteiger partial charge is 0.416 e. The van der Waals surface area contributed by atoms with Crippen LogP contribution in [0.2, 0.25) is 0 Å². The lowest BCUT2D eigenvalue weighted by molar-refractivity contribution is -0.139. The first-order valence-electron chi connectivity index (χ1n) is 17.0. The van der Waals surface area contributed by atoms with Crippen LogP contribution in [0.15, 0.2) is 42.5 Å². The van der Waals surface area contributed by atoms with Crippen LogP contribution in [0.5, 0.6) is 5.75 Å². The van der Waals surface area contributed by atoms with Gasteiger partial charge in [0.05, 0.1) is 17.7 Å². The van der Waals surface area contributed by atoms with E-state index in [4.69, 9.17) is 4.74 Å². The molecule has 3 atom stereocenters. The SMILES string of the molecule is CC(C)C(NC(=O)c1cc(C(F)(F)F)ccc1F)C(=O)N1CCC2(CC1)C(=O)N(C)C(=O)N2c1ccc(OCC2CN(C(=O)O)C2C(C)(C)C)cc1. The van der Waals surface area contributed by atoms with E-state index in [-0.39, 0.29) is 49.9 Å². The van der Waals surface area contributed by atoms with Crippen molar-refractivity contribution < 1.29 is 51.4 Å². The molecule has 3 saturated heterocycles. The average Bonchev–Trinajstić information content (AvgIpc) is 3.21. The molecule has 2 aromatic rings. The van der Waals surface area contributed by atoms with Gasteiger partial charge in [-0.15, -0.1) is 0 Å². The van der Waals surface area contributed by atoms with Crippen LogP contribution in [-0.2, 0) is 15.8 Å². The molecule has 0 aliphatic carbocycles. The zero-order valence-electron chi connectivity index (χ0n) is 29.8. The van der Waals surface area contributed by atoms with Crippen molar-refractivity contribution in [3.8, 4) is 5.75 Å². The van der Waals surface area contributed by atoms with E-state index in [1.54, 1.807) is 38.1 Å².